The zero-order chi connectivity index (χ0) is 29.5. The molecule has 0 saturated carbocycles. The molecule has 0 aromatic heterocycles. The molecule has 1 aliphatic rings. The van der Waals surface area contributed by atoms with Crippen LogP contribution in [0.5, 0.6) is 23.0 Å². The van der Waals surface area contributed by atoms with Gasteiger partial charge in [-0.25, -0.2) is 9.59 Å². The monoisotopic (exact) mass is 560 g/mol. The summed E-state index contributed by atoms with van der Waals surface area (Å²) in [6, 6.07) is 14.1. The van der Waals surface area contributed by atoms with E-state index in [0.29, 0.717) is 11.1 Å². The summed E-state index contributed by atoms with van der Waals surface area (Å²) in [6.07, 6.45) is 2.54. The van der Waals surface area contributed by atoms with Gasteiger partial charge in [0.2, 0.25) is 0 Å². The van der Waals surface area contributed by atoms with Crippen LogP contribution in [0.25, 0.3) is 6.08 Å². The lowest BCUT2D eigenvalue weighted by Gasteiger charge is -2.23. The third-order valence-corrected chi connectivity index (χ3v) is 6.44. The van der Waals surface area contributed by atoms with E-state index in [1.807, 2.05) is 24.3 Å². The number of aliphatic imine (C=N–C) groups is 1. The first-order valence-electron chi connectivity index (χ1n) is 12.6. The largest absolute Gasteiger partial charge is 0.504 e. The highest BCUT2D eigenvalue weighted by Crippen LogP contribution is 2.34. The molecule has 1 heterocycles. The standard InChI is InChI=1S/C30H28N2O9/c1-40-30(39)22(15-19-16-31-21-5-3-2-4-20(19)21)32-29(38)27(14-18-7-10-24(34)26(36)13-18)41-28(37)11-8-17-6-9-23(33)25(35)12-17/h2-13,16,19,22,27,33-36H,14-15H2,1H3,(H,32,38)/b11-8+/t19?,22?,27-/m1/s1. The summed E-state index contributed by atoms with van der Waals surface area (Å²) in [5.41, 5.74) is 2.40. The SMILES string of the molecule is COC(=O)C(CC1C=Nc2ccccc21)NC(=O)[C@@H](Cc1ccc(O)c(O)c1)OC(=O)/C=C/c1ccc(O)c(O)c1. The Labute approximate surface area is 235 Å². The van der Waals surface area contributed by atoms with Crippen molar-refractivity contribution in [2.45, 2.75) is 30.9 Å². The van der Waals surface area contributed by atoms with Crippen molar-refractivity contribution in [1.82, 2.24) is 5.32 Å². The lowest BCUT2D eigenvalue weighted by Crippen LogP contribution is -2.48. The average Bonchev–Trinajstić information content (AvgIpc) is 3.37. The smallest absolute Gasteiger partial charge is 0.331 e. The second-order valence-electron chi connectivity index (χ2n) is 9.30. The molecule has 41 heavy (non-hydrogen) atoms. The lowest BCUT2D eigenvalue weighted by molar-refractivity contribution is -0.153. The highest BCUT2D eigenvalue weighted by Gasteiger charge is 2.32. The van der Waals surface area contributed by atoms with Crippen LogP contribution in [0.4, 0.5) is 5.69 Å². The first-order chi connectivity index (χ1) is 19.6. The summed E-state index contributed by atoms with van der Waals surface area (Å²) in [7, 11) is 1.20. The molecule has 3 aromatic carbocycles. The Morgan fingerprint density at radius 1 is 0.951 bits per heavy atom. The van der Waals surface area contributed by atoms with Gasteiger partial charge in [0, 0.05) is 24.6 Å². The number of methoxy groups -OCH3 is 1. The van der Waals surface area contributed by atoms with E-state index in [9.17, 15) is 34.8 Å². The van der Waals surface area contributed by atoms with Crippen molar-refractivity contribution in [2.24, 2.45) is 4.99 Å². The van der Waals surface area contributed by atoms with Crippen LogP contribution >= 0.6 is 0 Å². The maximum absolute atomic E-state index is 13.4. The zero-order valence-electron chi connectivity index (χ0n) is 21.9. The fourth-order valence-corrected chi connectivity index (χ4v) is 4.32. The van der Waals surface area contributed by atoms with Gasteiger partial charge in [0.1, 0.15) is 6.04 Å². The minimum absolute atomic E-state index is 0.143. The number of ether oxygens (including phenoxy) is 2. The molecule has 4 rings (SSSR count). The van der Waals surface area contributed by atoms with Crippen molar-refractivity contribution in [3.8, 4) is 23.0 Å². The van der Waals surface area contributed by atoms with Crippen LogP contribution in [0.1, 0.15) is 29.0 Å². The second kappa shape index (κ2) is 12.7. The van der Waals surface area contributed by atoms with E-state index in [1.54, 1.807) is 6.21 Å². The van der Waals surface area contributed by atoms with E-state index >= 15 is 0 Å². The summed E-state index contributed by atoms with van der Waals surface area (Å²) in [4.78, 5) is 43.1. The molecule has 0 fully saturated rings. The quantitative estimate of drug-likeness (QED) is 0.142. The number of carbonyl (C=O) groups excluding carboxylic acids is 3. The summed E-state index contributed by atoms with van der Waals surface area (Å²) in [5, 5.41) is 41.3. The molecule has 212 valence electrons. The van der Waals surface area contributed by atoms with E-state index in [4.69, 9.17) is 9.47 Å². The zero-order valence-corrected chi connectivity index (χ0v) is 21.9. The topological polar surface area (TPSA) is 175 Å². The van der Waals surface area contributed by atoms with Gasteiger partial charge in [0.05, 0.1) is 12.8 Å². The Hall–Kier alpha value is -5.32. The second-order valence-corrected chi connectivity index (χ2v) is 9.30. The molecule has 2 unspecified atom stereocenters. The molecular formula is C30H28N2O9. The van der Waals surface area contributed by atoms with Crippen molar-refractivity contribution in [3.05, 3.63) is 83.4 Å². The number of carbonyl (C=O) groups is 3. The van der Waals surface area contributed by atoms with E-state index in [1.165, 1.54) is 49.6 Å². The molecule has 3 atom stereocenters. The number of amides is 1. The molecule has 1 aliphatic heterocycles. The van der Waals surface area contributed by atoms with E-state index in [2.05, 4.69) is 10.3 Å². The Kier molecular flexibility index (Phi) is 8.88. The molecule has 0 radical (unpaired) electrons. The highest BCUT2D eigenvalue weighted by molar-refractivity contribution is 5.92. The molecule has 0 saturated heterocycles. The summed E-state index contributed by atoms with van der Waals surface area (Å²) in [6.45, 7) is 0. The van der Waals surface area contributed by atoms with E-state index in [0.717, 1.165) is 17.3 Å². The van der Waals surface area contributed by atoms with Crippen LogP contribution in [-0.4, -0.2) is 63.7 Å². The van der Waals surface area contributed by atoms with Crippen LogP contribution in [0.2, 0.25) is 0 Å². The fourth-order valence-electron chi connectivity index (χ4n) is 4.32. The summed E-state index contributed by atoms with van der Waals surface area (Å²) < 4.78 is 10.3. The van der Waals surface area contributed by atoms with Crippen LogP contribution in [0, 0.1) is 0 Å². The van der Waals surface area contributed by atoms with Gasteiger partial charge in [-0.15, -0.1) is 0 Å². The Balaban J connectivity index is 1.53. The van der Waals surface area contributed by atoms with Crippen molar-refractivity contribution in [1.29, 1.82) is 0 Å². The average molecular weight is 561 g/mol. The number of nitrogens with one attached hydrogen (secondary N) is 1. The number of esters is 2. The van der Waals surface area contributed by atoms with Gasteiger partial charge in [-0.2, -0.15) is 0 Å². The maximum Gasteiger partial charge on any atom is 0.331 e. The Morgan fingerprint density at radius 3 is 2.37 bits per heavy atom. The van der Waals surface area contributed by atoms with Crippen molar-refractivity contribution in [3.63, 3.8) is 0 Å². The number of benzene rings is 3. The molecule has 3 aromatic rings. The molecule has 11 nitrogen and oxygen atoms in total. The summed E-state index contributed by atoms with van der Waals surface area (Å²) >= 11 is 0. The lowest BCUT2D eigenvalue weighted by atomic mass is 9.93. The van der Waals surface area contributed by atoms with Gasteiger partial charge in [-0.05, 0) is 59.5 Å². The predicted octanol–water partition coefficient (Wildman–Crippen LogP) is 3.22. The number of para-hydroxylation sites is 1. The first kappa shape index (κ1) is 28.7. The van der Waals surface area contributed by atoms with Gasteiger partial charge in [-0.1, -0.05) is 30.3 Å². The molecular weight excluding hydrogens is 532 g/mol. The summed E-state index contributed by atoms with van der Waals surface area (Å²) in [5.74, 6) is -4.17. The normalized spacial score (nSPS) is 15.2. The van der Waals surface area contributed by atoms with Crippen LogP contribution in [0.3, 0.4) is 0 Å². The van der Waals surface area contributed by atoms with E-state index < -0.39 is 35.7 Å². The number of phenols is 4. The molecule has 11 heteroatoms. The number of fused-ring (bicyclic) bond motifs is 1. The van der Waals surface area contributed by atoms with E-state index in [-0.39, 0.29) is 36.0 Å². The molecule has 1 amide bonds. The van der Waals surface area contributed by atoms with Crippen molar-refractivity contribution >= 4 is 35.8 Å². The molecule has 0 spiro atoms. The highest BCUT2D eigenvalue weighted by atomic mass is 16.5. The van der Waals surface area contributed by atoms with Gasteiger partial charge in [-0.3, -0.25) is 9.79 Å². The number of phenolic OH excluding ortho intramolecular Hbond substituents is 4. The molecule has 0 bridgehead atoms. The number of aromatic hydroxyl groups is 4. The molecule has 5 N–H and O–H groups in total. The minimum atomic E-state index is -1.44. The predicted molar refractivity (Wildman–Crippen MR) is 148 cm³/mol. The van der Waals surface area contributed by atoms with Gasteiger partial charge in [0.25, 0.3) is 5.91 Å². The molecule has 0 aliphatic carbocycles. The van der Waals surface area contributed by atoms with Crippen LogP contribution in [-0.2, 0) is 30.3 Å². The third-order valence-electron chi connectivity index (χ3n) is 6.44. The number of rotatable bonds is 10. The van der Waals surface area contributed by atoms with Crippen LogP contribution in [0.15, 0.2) is 71.7 Å². The van der Waals surface area contributed by atoms with Crippen molar-refractivity contribution in [2.75, 3.05) is 7.11 Å². The van der Waals surface area contributed by atoms with Gasteiger partial charge < -0.3 is 35.2 Å². The van der Waals surface area contributed by atoms with Gasteiger partial charge in [0.15, 0.2) is 29.1 Å². The van der Waals surface area contributed by atoms with Crippen molar-refractivity contribution < 1.29 is 44.3 Å². The maximum atomic E-state index is 13.4. The third kappa shape index (κ3) is 7.21. The van der Waals surface area contributed by atoms with Gasteiger partial charge >= 0.3 is 11.9 Å². The first-order valence-corrected chi connectivity index (χ1v) is 12.6. The Morgan fingerprint density at radius 2 is 1.66 bits per heavy atom. The number of hydrogen-bond donors (Lipinski definition) is 5. The number of nitrogens with zero attached hydrogens (tertiary/aromatic N) is 1. The van der Waals surface area contributed by atoms with Crippen LogP contribution < -0.4 is 5.32 Å². The number of hydrogen-bond acceptors (Lipinski definition) is 10. The Bertz CT molecular complexity index is 1520. The fraction of sp³-hybridized carbons (Fsp3) is 0.200. The minimum Gasteiger partial charge on any atom is -0.504 e.